The van der Waals surface area contributed by atoms with Gasteiger partial charge in [-0.1, -0.05) is 28.9 Å². The van der Waals surface area contributed by atoms with Gasteiger partial charge < -0.3 is 4.90 Å². The van der Waals surface area contributed by atoms with Gasteiger partial charge in [0.25, 0.3) is 5.91 Å². The molecule has 1 saturated heterocycles. The highest BCUT2D eigenvalue weighted by Gasteiger charge is 2.34. The van der Waals surface area contributed by atoms with Crippen LogP contribution in [-0.4, -0.2) is 33.7 Å². The fourth-order valence-corrected chi connectivity index (χ4v) is 3.12. The van der Waals surface area contributed by atoms with E-state index in [0.29, 0.717) is 17.7 Å². The third kappa shape index (κ3) is 2.12. The van der Waals surface area contributed by atoms with Crippen LogP contribution < -0.4 is 0 Å². The Bertz CT molecular complexity index is 369. The number of aromatic nitrogens is 1. The highest BCUT2D eigenvalue weighted by atomic mass is 79.9. The molecule has 1 fully saturated rings. The molecule has 1 aliphatic rings. The van der Waals surface area contributed by atoms with E-state index in [-0.39, 0.29) is 5.91 Å². The first-order valence-electron chi connectivity index (χ1n) is 5.52. The van der Waals surface area contributed by atoms with Crippen molar-refractivity contribution < 1.29 is 4.79 Å². The van der Waals surface area contributed by atoms with Gasteiger partial charge in [-0.05, 0) is 24.5 Å². The predicted molar refractivity (Wildman–Crippen MR) is 66.6 cm³/mol. The fourth-order valence-electron chi connectivity index (χ4n) is 2.13. The Hall–Kier alpha value is -0.900. The van der Waals surface area contributed by atoms with Gasteiger partial charge in [0.2, 0.25) is 0 Å². The molecule has 2 atom stereocenters. The smallest absolute Gasteiger partial charge is 0.272 e. The van der Waals surface area contributed by atoms with E-state index in [0.717, 1.165) is 18.3 Å². The molecule has 0 radical (unpaired) electrons. The molecule has 2 unspecified atom stereocenters. The van der Waals surface area contributed by atoms with Crippen molar-refractivity contribution in [1.82, 2.24) is 9.88 Å². The maximum absolute atomic E-state index is 12.2. The minimum Gasteiger partial charge on any atom is -0.333 e. The van der Waals surface area contributed by atoms with Gasteiger partial charge in [-0.3, -0.25) is 9.78 Å². The van der Waals surface area contributed by atoms with Crippen molar-refractivity contribution in [2.24, 2.45) is 5.92 Å². The summed E-state index contributed by atoms with van der Waals surface area (Å²) in [5.74, 6) is 0.612. The molecule has 1 aromatic heterocycles. The summed E-state index contributed by atoms with van der Waals surface area (Å²) >= 11 is 3.48. The first kappa shape index (κ1) is 11.6. The summed E-state index contributed by atoms with van der Waals surface area (Å²) < 4.78 is 0. The van der Waals surface area contributed by atoms with E-state index >= 15 is 0 Å². The second kappa shape index (κ2) is 4.95. The lowest BCUT2D eigenvalue weighted by molar-refractivity contribution is 0.0733. The van der Waals surface area contributed by atoms with Gasteiger partial charge in [0.1, 0.15) is 5.69 Å². The second-order valence-corrected chi connectivity index (χ2v) is 4.85. The molecule has 4 heteroatoms. The predicted octanol–water partition coefficient (Wildman–Crippen LogP) is 2.33. The zero-order valence-corrected chi connectivity index (χ0v) is 10.9. The van der Waals surface area contributed by atoms with E-state index < -0.39 is 0 Å². The molecule has 0 bridgehead atoms. The third-order valence-corrected chi connectivity index (χ3v) is 3.85. The number of amides is 1. The molecule has 0 aromatic carbocycles. The summed E-state index contributed by atoms with van der Waals surface area (Å²) in [7, 11) is 0. The number of nitrogens with zero attached hydrogens (tertiary/aromatic N) is 2. The number of halogens is 1. The number of hydrogen-bond donors (Lipinski definition) is 0. The van der Waals surface area contributed by atoms with Gasteiger partial charge >= 0.3 is 0 Å². The molecular formula is C12H15BrN2O. The summed E-state index contributed by atoms with van der Waals surface area (Å²) in [5.41, 5.74) is 0.544. The van der Waals surface area contributed by atoms with Crippen LogP contribution in [-0.2, 0) is 0 Å². The van der Waals surface area contributed by atoms with Crippen molar-refractivity contribution in [2.45, 2.75) is 19.4 Å². The first-order chi connectivity index (χ1) is 7.74. The van der Waals surface area contributed by atoms with Gasteiger partial charge in [-0.2, -0.15) is 0 Å². The molecule has 1 aliphatic heterocycles. The molecule has 0 N–H and O–H groups in total. The van der Waals surface area contributed by atoms with Gasteiger partial charge in [0.15, 0.2) is 0 Å². The number of alkyl halides is 1. The summed E-state index contributed by atoms with van der Waals surface area (Å²) in [6, 6.07) is 5.75. The minimum atomic E-state index is 0.0504. The molecule has 3 nitrogen and oxygen atoms in total. The zero-order chi connectivity index (χ0) is 11.5. The summed E-state index contributed by atoms with van der Waals surface area (Å²) in [4.78, 5) is 18.2. The van der Waals surface area contributed by atoms with Crippen molar-refractivity contribution in [3.05, 3.63) is 30.1 Å². The van der Waals surface area contributed by atoms with Crippen LogP contribution in [0.25, 0.3) is 0 Å². The van der Waals surface area contributed by atoms with Crippen LogP contribution >= 0.6 is 15.9 Å². The van der Waals surface area contributed by atoms with Crippen molar-refractivity contribution in [3.63, 3.8) is 0 Å². The Kier molecular flexibility index (Phi) is 3.59. The number of carbonyl (C=O) groups excluding carboxylic acids is 1. The number of carbonyl (C=O) groups is 1. The second-order valence-electron chi connectivity index (χ2n) is 4.20. The van der Waals surface area contributed by atoms with Crippen LogP contribution in [0.1, 0.15) is 23.8 Å². The maximum atomic E-state index is 12.2. The van der Waals surface area contributed by atoms with E-state index in [9.17, 15) is 4.79 Å². The van der Waals surface area contributed by atoms with Gasteiger partial charge in [-0.15, -0.1) is 0 Å². The van der Waals surface area contributed by atoms with Crippen LogP contribution in [0.15, 0.2) is 24.4 Å². The molecule has 86 valence electrons. The van der Waals surface area contributed by atoms with Gasteiger partial charge in [0, 0.05) is 24.1 Å². The van der Waals surface area contributed by atoms with Crippen molar-refractivity contribution in [3.8, 4) is 0 Å². The van der Waals surface area contributed by atoms with E-state index in [4.69, 9.17) is 0 Å². The highest BCUT2D eigenvalue weighted by Crippen LogP contribution is 2.26. The Morgan fingerprint density at radius 3 is 3.06 bits per heavy atom. The van der Waals surface area contributed by atoms with E-state index in [1.54, 1.807) is 12.3 Å². The van der Waals surface area contributed by atoms with Crippen LogP contribution in [0, 0.1) is 5.92 Å². The van der Waals surface area contributed by atoms with Crippen molar-refractivity contribution in [2.75, 3.05) is 11.9 Å². The summed E-state index contributed by atoms with van der Waals surface area (Å²) in [6.07, 6.45) is 2.74. The van der Waals surface area contributed by atoms with Crippen LogP contribution in [0.3, 0.4) is 0 Å². The molecule has 2 heterocycles. The standard InChI is InChI=1S/C12H15BrN2O/c1-9-5-7-15(11(9)8-13)12(16)10-4-2-3-6-14-10/h2-4,6,9,11H,5,7-8H2,1H3. The average Bonchev–Trinajstić information content (AvgIpc) is 2.70. The van der Waals surface area contributed by atoms with Crippen molar-refractivity contribution >= 4 is 21.8 Å². The lowest BCUT2D eigenvalue weighted by atomic mass is 10.1. The zero-order valence-electron chi connectivity index (χ0n) is 9.27. The van der Waals surface area contributed by atoms with Crippen LogP contribution in [0.2, 0.25) is 0 Å². The van der Waals surface area contributed by atoms with Crippen LogP contribution in [0.5, 0.6) is 0 Å². The molecule has 16 heavy (non-hydrogen) atoms. The SMILES string of the molecule is CC1CCN(C(=O)c2ccccn2)C1CBr. The lowest BCUT2D eigenvalue weighted by Crippen LogP contribution is -2.38. The van der Waals surface area contributed by atoms with E-state index in [2.05, 4.69) is 27.8 Å². The van der Waals surface area contributed by atoms with Crippen molar-refractivity contribution in [1.29, 1.82) is 0 Å². The number of hydrogen-bond acceptors (Lipinski definition) is 2. The quantitative estimate of drug-likeness (QED) is 0.780. The normalized spacial score (nSPS) is 24.8. The van der Waals surface area contributed by atoms with E-state index in [1.807, 2.05) is 17.0 Å². The van der Waals surface area contributed by atoms with E-state index in [1.165, 1.54) is 0 Å². The Morgan fingerprint density at radius 1 is 1.62 bits per heavy atom. The molecule has 0 aliphatic carbocycles. The Labute approximate surface area is 104 Å². The monoisotopic (exact) mass is 282 g/mol. The summed E-state index contributed by atoms with van der Waals surface area (Å²) in [5, 5.41) is 0.840. The fraction of sp³-hybridized carbons (Fsp3) is 0.500. The summed E-state index contributed by atoms with van der Waals surface area (Å²) in [6.45, 7) is 3.03. The topological polar surface area (TPSA) is 33.2 Å². The Balaban J connectivity index is 2.17. The molecule has 1 amide bonds. The molecular weight excluding hydrogens is 268 g/mol. The number of rotatable bonds is 2. The first-order valence-corrected chi connectivity index (χ1v) is 6.64. The highest BCUT2D eigenvalue weighted by molar-refractivity contribution is 9.09. The molecule has 0 spiro atoms. The largest absolute Gasteiger partial charge is 0.333 e. The minimum absolute atomic E-state index is 0.0504. The maximum Gasteiger partial charge on any atom is 0.272 e. The lowest BCUT2D eigenvalue weighted by Gasteiger charge is -2.24. The molecule has 1 aromatic rings. The average molecular weight is 283 g/mol. The van der Waals surface area contributed by atoms with Gasteiger partial charge in [0.05, 0.1) is 0 Å². The Morgan fingerprint density at radius 2 is 2.44 bits per heavy atom. The number of pyridine rings is 1. The number of likely N-dealkylation sites (tertiary alicyclic amines) is 1. The van der Waals surface area contributed by atoms with Crippen LogP contribution in [0.4, 0.5) is 0 Å². The third-order valence-electron chi connectivity index (χ3n) is 3.19. The molecule has 2 rings (SSSR count). The van der Waals surface area contributed by atoms with Gasteiger partial charge in [-0.25, -0.2) is 0 Å². The molecule has 0 saturated carbocycles.